The molecule has 1 aromatic heterocycles. The van der Waals surface area contributed by atoms with Gasteiger partial charge in [0.2, 0.25) is 0 Å². The molecule has 0 N–H and O–H groups in total. The molecule has 3 nitrogen and oxygen atoms in total. The summed E-state index contributed by atoms with van der Waals surface area (Å²) in [5.74, 6) is 0.702. The van der Waals surface area contributed by atoms with Gasteiger partial charge in [0.1, 0.15) is 0 Å². The number of aromatic nitrogens is 2. The van der Waals surface area contributed by atoms with E-state index in [-0.39, 0.29) is 77.7 Å². The Morgan fingerprint density at radius 2 is 2.12 bits per heavy atom. The first kappa shape index (κ1) is 19.3. The number of thioether (sulfide) groups is 1. The molecule has 0 amide bonds. The summed E-state index contributed by atoms with van der Waals surface area (Å²) in [4.78, 5) is 8.68. The van der Waals surface area contributed by atoms with E-state index in [0.717, 1.165) is 15.4 Å². The van der Waals surface area contributed by atoms with E-state index >= 15 is 0 Å². The van der Waals surface area contributed by atoms with Crippen molar-refractivity contribution in [2.45, 2.75) is 5.16 Å². The number of hydrogen-bond donors (Lipinski definition) is 0. The Bertz CT molecular complexity index is 517. The van der Waals surface area contributed by atoms with Gasteiger partial charge in [0.25, 0.3) is 0 Å². The van der Waals surface area contributed by atoms with Crippen LogP contribution in [0.25, 0.3) is 14.4 Å². The zero-order valence-corrected chi connectivity index (χ0v) is 20.1. The standard InChI is InChI=1S/C9H5BrIN3S.Rb.Rh/c1-15-9-12-7-4-5(10)2-3-6(7)8(13-9)14-11;;/h2-3H,1H3;;/q-2;+1;. The van der Waals surface area contributed by atoms with Crippen molar-refractivity contribution in [3.8, 4) is 0 Å². The van der Waals surface area contributed by atoms with E-state index in [1.165, 1.54) is 11.8 Å². The van der Waals surface area contributed by atoms with Crippen LogP contribution in [0.2, 0.25) is 0 Å². The van der Waals surface area contributed by atoms with Crippen molar-refractivity contribution in [1.29, 1.82) is 0 Å². The maximum absolute atomic E-state index is 4.37. The van der Waals surface area contributed by atoms with E-state index in [4.69, 9.17) is 0 Å². The van der Waals surface area contributed by atoms with E-state index in [1.807, 2.05) is 41.3 Å². The second-order valence-electron chi connectivity index (χ2n) is 2.69. The summed E-state index contributed by atoms with van der Waals surface area (Å²) >= 11 is 6.81. The molecule has 0 saturated heterocycles. The fraction of sp³-hybridized carbons (Fsp3) is 0.111. The van der Waals surface area contributed by atoms with Gasteiger partial charge in [0, 0.05) is 19.5 Å². The maximum atomic E-state index is 4.37. The van der Waals surface area contributed by atoms with E-state index < -0.39 is 0 Å². The van der Waals surface area contributed by atoms with Crippen molar-refractivity contribution in [2.24, 2.45) is 0 Å². The minimum Gasteiger partial charge on any atom is -0.426 e. The molecule has 0 unspecified atom stereocenters. The van der Waals surface area contributed by atoms with Gasteiger partial charge in [-0.15, -0.1) is 23.2 Å². The van der Waals surface area contributed by atoms with E-state index in [9.17, 15) is 0 Å². The number of hydrogen-bond acceptors (Lipinski definition) is 3. The van der Waals surface area contributed by atoms with Crippen LogP contribution in [0.4, 0.5) is 5.82 Å². The maximum Gasteiger partial charge on any atom is 1.00 e. The molecule has 17 heavy (non-hydrogen) atoms. The third-order valence-corrected chi connectivity index (χ3v) is 3.27. The molecule has 1 heterocycles. The molecule has 0 saturated carbocycles. The van der Waals surface area contributed by atoms with Gasteiger partial charge in [-0.1, -0.05) is 49.1 Å². The number of halogens is 2. The quantitative estimate of drug-likeness (QED) is 0.176. The first-order valence-electron chi connectivity index (χ1n) is 4.00. The zero-order chi connectivity index (χ0) is 10.8. The van der Waals surface area contributed by atoms with Crippen LogP contribution in [0.15, 0.2) is 21.8 Å². The zero-order valence-electron chi connectivity index (χ0n) is 8.99. The number of nitrogens with zero attached hydrogens (tertiary/aromatic N) is 3. The average molecular weight is 582 g/mol. The molecule has 2 aromatic rings. The topological polar surface area (TPSA) is 39.9 Å². The van der Waals surface area contributed by atoms with Crippen LogP contribution in [0.1, 0.15) is 0 Å². The molecule has 0 atom stereocenters. The fourth-order valence-electron chi connectivity index (χ4n) is 1.15. The molecule has 87 valence electrons. The Balaban J connectivity index is 0.00000128. The normalized spacial score (nSPS) is 9.35. The van der Waals surface area contributed by atoms with Crippen molar-refractivity contribution in [3.63, 3.8) is 0 Å². The summed E-state index contributed by atoms with van der Waals surface area (Å²) in [7, 11) is 0. The smallest absolute Gasteiger partial charge is 0.426 e. The number of rotatable bonds is 2. The molecule has 0 fully saturated rings. The summed E-state index contributed by atoms with van der Waals surface area (Å²) in [5, 5.41) is 1.64. The molecular weight excluding hydrogens is 577 g/mol. The summed E-state index contributed by atoms with van der Waals surface area (Å²) in [6, 6.07) is 6.98. The molecule has 2 rings (SSSR count). The molecule has 1 aromatic carbocycles. The van der Waals surface area contributed by atoms with Gasteiger partial charge in [0.15, 0.2) is 0 Å². The number of fused-ring (bicyclic) bond motifs is 1. The first-order valence-corrected chi connectivity index (χ1v) is 6.98. The molecule has 1 radical (unpaired) electrons. The Kier molecular flexibility index (Phi) is 10.6. The molecule has 0 aliphatic rings. The molecule has 0 bridgehead atoms. The average Bonchev–Trinajstić information content (AvgIpc) is 2.26. The van der Waals surface area contributed by atoms with E-state index in [0.29, 0.717) is 11.0 Å². The fourth-order valence-corrected chi connectivity index (χ4v) is 2.20. The Morgan fingerprint density at radius 1 is 1.41 bits per heavy atom. The van der Waals surface area contributed by atoms with E-state index in [2.05, 4.69) is 35.5 Å². The number of benzene rings is 1. The van der Waals surface area contributed by atoms with Crippen LogP contribution < -0.4 is 58.2 Å². The van der Waals surface area contributed by atoms with Crippen LogP contribution in [-0.4, -0.2) is 16.2 Å². The van der Waals surface area contributed by atoms with Crippen LogP contribution in [0.5, 0.6) is 0 Å². The van der Waals surface area contributed by atoms with Gasteiger partial charge in [0.05, 0.1) is 5.16 Å². The van der Waals surface area contributed by atoms with Gasteiger partial charge in [-0.2, -0.15) is 12.1 Å². The largest absolute Gasteiger partial charge is 1.00 e. The van der Waals surface area contributed by atoms with Crippen molar-refractivity contribution >= 4 is 67.3 Å². The van der Waals surface area contributed by atoms with Gasteiger partial charge in [-0.05, 0) is 11.8 Å². The summed E-state index contributed by atoms with van der Waals surface area (Å²) < 4.78 is 5.00. The third kappa shape index (κ3) is 4.99. The van der Waals surface area contributed by atoms with Crippen LogP contribution in [0.3, 0.4) is 0 Å². The first-order chi connectivity index (χ1) is 7.24. The van der Waals surface area contributed by atoms with Crippen molar-refractivity contribution in [3.05, 3.63) is 26.2 Å². The predicted molar refractivity (Wildman–Crippen MR) is 74.9 cm³/mol. The van der Waals surface area contributed by atoms with Crippen LogP contribution in [0, 0.1) is 6.07 Å². The van der Waals surface area contributed by atoms with Gasteiger partial charge < -0.3 is 8.51 Å². The molecular formula is C9H5BrIN3RbRhS-. The van der Waals surface area contributed by atoms with Crippen molar-refractivity contribution in [1.82, 2.24) is 9.97 Å². The molecule has 8 heteroatoms. The molecule has 0 aliphatic heterocycles. The van der Waals surface area contributed by atoms with Gasteiger partial charge in [-0.25, -0.2) is 0 Å². The van der Waals surface area contributed by atoms with Crippen molar-refractivity contribution in [2.75, 3.05) is 6.26 Å². The Labute approximate surface area is 188 Å². The van der Waals surface area contributed by atoms with Gasteiger partial charge in [-0.3, -0.25) is 4.98 Å². The third-order valence-electron chi connectivity index (χ3n) is 1.80. The Morgan fingerprint density at radius 3 is 2.71 bits per heavy atom. The summed E-state index contributed by atoms with van der Waals surface area (Å²) in [6.45, 7) is 0. The summed E-state index contributed by atoms with van der Waals surface area (Å²) in [5.41, 5.74) is 0.791. The minimum absolute atomic E-state index is 0. The Hall–Kier alpha value is 2.35. The van der Waals surface area contributed by atoms with Crippen LogP contribution >= 0.6 is 50.6 Å². The van der Waals surface area contributed by atoms with Gasteiger partial charge >= 0.3 is 58.2 Å². The van der Waals surface area contributed by atoms with Crippen LogP contribution in [-0.2, 0) is 19.5 Å². The van der Waals surface area contributed by atoms with E-state index in [1.54, 1.807) is 0 Å². The minimum atomic E-state index is 0. The second-order valence-corrected chi connectivity index (χ2v) is 4.80. The monoisotopic (exact) mass is 581 g/mol. The SMILES string of the molecule is CSc1nc([N-]I)c2ccc(Br)[c-]c2n1.[Rb+].[Rh]. The van der Waals surface area contributed by atoms with Crippen molar-refractivity contribution < 1.29 is 77.7 Å². The predicted octanol–water partition coefficient (Wildman–Crippen LogP) is 1.27. The molecule has 0 spiro atoms. The molecule has 0 aliphatic carbocycles. The second kappa shape index (κ2) is 9.31. The summed E-state index contributed by atoms with van der Waals surface area (Å²) in [6.07, 6.45) is 1.94.